The largest absolute Gasteiger partial charge is 0.0622 e. The molecule has 0 spiro atoms. The van der Waals surface area contributed by atoms with Crippen LogP contribution in [0.3, 0.4) is 0 Å². The topological polar surface area (TPSA) is 0 Å². The zero-order chi connectivity index (χ0) is 15.9. The highest BCUT2D eigenvalue weighted by Gasteiger charge is 2.17. The molecule has 23 heavy (non-hydrogen) atoms. The van der Waals surface area contributed by atoms with Gasteiger partial charge >= 0.3 is 0 Å². The van der Waals surface area contributed by atoms with Crippen molar-refractivity contribution in [3.8, 4) is 0 Å². The average molecular weight is 299 g/mol. The third-order valence-electron chi connectivity index (χ3n) is 4.55. The number of benzene rings is 3. The Morgan fingerprint density at radius 1 is 0.739 bits per heavy atom. The molecule has 0 aliphatic heterocycles. The fourth-order valence-electron chi connectivity index (χ4n) is 3.25. The second-order valence-electron chi connectivity index (χ2n) is 6.27. The lowest BCUT2D eigenvalue weighted by atomic mass is 9.82. The molecule has 3 aromatic carbocycles. The minimum absolute atomic E-state index is 0.536. The molecule has 0 bridgehead atoms. The SMILES string of the molecule is CC(CC(Cc1cc[c]cc1)c1ccccc1)c1ccccc1. The third kappa shape index (κ3) is 4.32. The van der Waals surface area contributed by atoms with E-state index in [-0.39, 0.29) is 0 Å². The summed E-state index contributed by atoms with van der Waals surface area (Å²) in [6, 6.07) is 33.3. The van der Waals surface area contributed by atoms with Crippen molar-refractivity contribution in [3.05, 3.63) is 108 Å². The Hall–Kier alpha value is -2.34. The molecule has 2 unspecified atom stereocenters. The van der Waals surface area contributed by atoms with Crippen LogP contribution in [0.15, 0.2) is 84.9 Å². The number of hydrogen-bond donors (Lipinski definition) is 0. The summed E-state index contributed by atoms with van der Waals surface area (Å²) in [6.07, 6.45) is 2.24. The van der Waals surface area contributed by atoms with Gasteiger partial charge in [0.2, 0.25) is 0 Å². The standard InChI is InChI=1S/C23H23/c1-19(21-13-7-3-8-14-21)17-23(22-15-9-4-10-16-22)18-20-11-5-2-6-12-20/h3-16,19,23H,17-18H2,1H3. The van der Waals surface area contributed by atoms with Crippen molar-refractivity contribution in [3.63, 3.8) is 0 Å². The normalized spacial score (nSPS) is 13.4. The highest BCUT2D eigenvalue weighted by molar-refractivity contribution is 5.26. The molecule has 0 saturated heterocycles. The molecule has 2 atom stereocenters. The van der Waals surface area contributed by atoms with Crippen LogP contribution in [0.4, 0.5) is 0 Å². The van der Waals surface area contributed by atoms with Crippen molar-refractivity contribution in [2.24, 2.45) is 0 Å². The predicted octanol–water partition coefficient (Wildman–Crippen LogP) is 6.01. The lowest BCUT2D eigenvalue weighted by Gasteiger charge is -2.22. The molecule has 0 nitrogen and oxygen atoms in total. The van der Waals surface area contributed by atoms with E-state index < -0.39 is 0 Å². The van der Waals surface area contributed by atoms with Crippen LogP contribution in [0.2, 0.25) is 0 Å². The maximum atomic E-state index is 3.11. The van der Waals surface area contributed by atoms with Gasteiger partial charge in [0.1, 0.15) is 0 Å². The molecule has 0 aliphatic rings. The Morgan fingerprint density at radius 3 is 1.91 bits per heavy atom. The van der Waals surface area contributed by atoms with Gasteiger partial charge in [0.05, 0.1) is 0 Å². The fourth-order valence-corrected chi connectivity index (χ4v) is 3.25. The molecular weight excluding hydrogens is 276 g/mol. The Bertz CT molecular complexity index is 686. The lowest BCUT2D eigenvalue weighted by molar-refractivity contribution is 0.555. The Labute approximate surface area is 139 Å². The van der Waals surface area contributed by atoms with Crippen molar-refractivity contribution in [2.75, 3.05) is 0 Å². The molecular formula is C23H23. The van der Waals surface area contributed by atoms with Gasteiger partial charge in [-0.25, -0.2) is 0 Å². The van der Waals surface area contributed by atoms with Gasteiger partial charge in [0.25, 0.3) is 0 Å². The molecule has 0 N–H and O–H groups in total. The monoisotopic (exact) mass is 299 g/mol. The number of rotatable bonds is 6. The quantitative estimate of drug-likeness (QED) is 0.523. The minimum atomic E-state index is 0.536. The van der Waals surface area contributed by atoms with Crippen LogP contribution < -0.4 is 0 Å². The highest BCUT2D eigenvalue weighted by atomic mass is 14.2. The van der Waals surface area contributed by atoms with Crippen LogP contribution in [0.25, 0.3) is 0 Å². The van der Waals surface area contributed by atoms with Crippen LogP contribution in [0, 0.1) is 6.07 Å². The first-order valence-corrected chi connectivity index (χ1v) is 8.38. The van der Waals surface area contributed by atoms with E-state index in [0.29, 0.717) is 11.8 Å². The van der Waals surface area contributed by atoms with E-state index in [1.54, 1.807) is 0 Å². The molecule has 3 aromatic rings. The van der Waals surface area contributed by atoms with E-state index in [0.717, 1.165) is 12.8 Å². The second-order valence-corrected chi connectivity index (χ2v) is 6.27. The van der Waals surface area contributed by atoms with Crippen LogP contribution in [-0.2, 0) is 6.42 Å². The van der Waals surface area contributed by atoms with Crippen molar-refractivity contribution in [1.82, 2.24) is 0 Å². The van der Waals surface area contributed by atoms with E-state index in [1.807, 2.05) is 12.1 Å². The molecule has 0 heterocycles. The zero-order valence-corrected chi connectivity index (χ0v) is 13.7. The van der Waals surface area contributed by atoms with Crippen LogP contribution >= 0.6 is 0 Å². The molecule has 1 radical (unpaired) electrons. The first-order chi connectivity index (χ1) is 11.3. The van der Waals surface area contributed by atoms with E-state index in [4.69, 9.17) is 0 Å². The molecule has 0 aliphatic carbocycles. The Morgan fingerprint density at radius 2 is 1.30 bits per heavy atom. The Balaban J connectivity index is 1.81. The summed E-state index contributed by atoms with van der Waals surface area (Å²) in [5.74, 6) is 1.09. The van der Waals surface area contributed by atoms with Crippen LogP contribution in [0.1, 0.15) is 41.9 Å². The van der Waals surface area contributed by atoms with Gasteiger partial charge in [-0.2, -0.15) is 0 Å². The van der Waals surface area contributed by atoms with E-state index in [1.165, 1.54) is 16.7 Å². The maximum Gasteiger partial charge on any atom is -0.0116 e. The first-order valence-electron chi connectivity index (χ1n) is 8.38. The van der Waals surface area contributed by atoms with E-state index >= 15 is 0 Å². The summed E-state index contributed by atoms with van der Waals surface area (Å²) < 4.78 is 0. The van der Waals surface area contributed by atoms with Gasteiger partial charge in [-0.05, 0) is 47.4 Å². The number of hydrogen-bond acceptors (Lipinski definition) is 0. The minimum Gasteiger partial charge on any atom is -0.0622 e. The summed E-state index contributed by atoms with van der Waals surface area (Å²) in [5.41, 5.74) is 4.25. The average Bonchev–Trinajstić information content (AvgIpc) is 2.63. The summed E-state index contributed by atoms with van der Waals surface area (Å²) >= 11 is 0. The van der Waals surface area contributed by atoms with Crippen LogP contribution in [-0.4, -0.2) is 0 Å². The van der Waals surface area contributed by atoms with Gasteiger partial charge in [-0.15, -0.1) is 0 Å². The predicted molar refractivity (Wildman–Crippen MR) is 97.6 cm³/mol. The Kier molecular flexibility index (Phi) is 5.26. The zero-order valence-electron chi connectivity index (χ0n) is 13.7. The van der Waals surface area contributed by atoms with Gasteiger partial charge in [-0.1, -0.05) is 91.9 Å². The first kappa shape index (κ1) is 15.6. The summed E-state index contributed by atoms with van der Waals surface area (Å²) in [4.78, 5) is 0. The van der Waals surface area contributed by atoms with E-state index in [2.05, 4.69) is 85.8 Å². The molecule has 0 heteroatoms. The smallest absolute Gasteiger partial charge is 0.0116 e. The highest BCUT2D eigenvalue weighted by Crippen LogP contribution is 2.32. The molecule has 0 aromatic heterocycles. The van der Waals surface area contributed by atoms with Crippen molar-refractivity contribution >= 4 is 0 Å². The van der Waals surface area contributed by atoms with Gasteiger partial charge in [-0.3, -0.25) is 0 Å². The molecule has 0 saturated carbocycles. The van der Waals surface area contributed by atoms with Gasteiger partial charge in [0, 0.05) is 0 Å². The molecule has 0 fully saturated rings. The summed E-state index contributed by atoms with van der Waals surface area (Å²) in [5, 5.41) is 0. The van der Waals surface area contributed by atoms with Crippen molar-refractivity contribution in [2.45, 2.75) is 31.6 Å². The molecule has 3 rings (SSSR count). The maximum absolute atomic E-state index is 3.11. The van der Waals surface area contributed by atoms with E-state index in [9.17, 15) is 0 Å². The molecule has 0 amide bonds. The molecule has 115 valence electrons. The second kappa shape index (κ2) is 7.78. The van der Waals surface area contributed by atoms with Crippen molar-refractivity contribution in [1.29, 1.82) is 0 Å². The van der Waals surface area contributed by atoms with Gasteiger partial charge in [0.15, 0.2) is 0 Å². The lowest BCUT2D eigenvalue weighted by Crippen LogP contribution is -2.07. The van der Waals surface area contributed by atoms with Crippen molar-refractivity contribution < 1.29 is 0 Å². The summed E-state index contributed by atoms with van der Waals surface area (Å²) in [7, 11) is 0. The fraction of sp³-hybridized carbons (Fsp3) is 0.217. The van der Waals surface area contributed by atoms with Crippen LogP contribution in [0.5, 0.6) is 0 Å². The third-order valence-corrected chi connectivity index (χ3v) is 4.55. The van der Waals surface area contributed by atoms with Gasteiger partial charge < -0.3 is 0 Å². The summed E-state index contributed by atoms with van der Waals surface area (Å²) in [6.45, 7) is 2.34.